The first kappa shape index (κ1) is 34.2. The molecule has 0 aliphatic heterocycles. The Hall–Kier alpha value is -0.790. The normalized spacial score (nSPS) is 12.3. The largest absolute Gasteiger partial charge is 1.00 e. The Morgan fingerprint density at radius 2 is 1.00 bits per heavy atom. The van der Waals surface area contributed by atoms with Gasteiger partial charge in [-0.05, 0) is 38.7 Å². The molecule has 1 aromatic rings. The second-order valence-corrected chi connectivity index (χ2v) is 10.8. The van der Waals surface area contributed by atoms with Crippen molar-refractivity contribution in [3.63, 3.8) is 0 Å². The van der Waals surface area contributed by atoms with Gasteiger partial charge in [-0.2, -0.15) is 0 Å². The van der Waals surface area contributed by atoms with Crippen molar-refractivity contribution in [1.29, 1.82) is 0 Å². The Morgan fingerprint density at radius 1 is 0.600 bits per heavy atom. The molecule has 0 aliphatic rings. The quantitative estimate of drug-likeness (QED) is 0.0981. The Kier molecular flexibility index (Phi) is 23.1. The van der Waals surface area contributed by atoms with Crippen molar-refractivity contribution in [3.05, 3.63) is 48.7 Å². The van der Waals surface area contributed by atoms with Crippen LogP contribution in [-0.4, -0.2) is 17.6 Å². The Bertz CT molecular complexity index is 554. The number of quaternary nitrogens is 1. The fraction of sp³-hybridized carbons (Fsp3) is 0.758. The molecule has 0 aliphatic carbocycles. The molecule has 0 aromatic heterocycles. The highest BCUT2D eigenvalue weighted by Gasteiger charge is 2.34. The highest BCUT2D eigenvalue weighted by Crippen LogP contribution is 2.36. The number of halogens is 1. The molecule has 35 heavy (non-hydrogen) atoms. The van der Waals surface area contributed by atoms with E-state index >= 15 is 0 Å². The van der Waals surface area contributed by atoms with Gasteiger partial charge in [0.15, 0.2) is 0 Å². The molecule has 1 nitrogen and oxygen atoms in total. The van der Waals surface area contributed by atoms with Crippen molar-refractivity contribution >= 4 is 0 Å². The van der Waals surface area contributed by atoms with Gasteiger partial charge >= 0.3 is 0 Å². The van der Waals surface area contributed by atoms with E-state index in [0.717, 1.165) is 4.48 Å². The maximum Gasteiger partial charge on any atom is 0.119 e. The van der Waals surface area contributed by atoms with Crippen LogP contribution < -0.4 is 12.4 Å². The molecular weight excluding hydrogens is 446 g/mol. The summed E-state index contributed by atoms with van der Waals surface area (Å²) in [6.07, 6.45) is 28.4. The van der Waals surface area contributed by atoms with Crippen molar-refractivity contribution in [2.75, 3.05) is 13.1 Å². The van der Waals surface area contributed by atoms with E-state index in [-0.39, 0.29) is 12.4 Å². The number of hydrogen-bond acceptors (Lipinski definition) is 0. The lowest BCUT2D eigenvalue weighted by molar-refractivity contribution is -0.911. The number of rotatable bonds is 24. The summed E-state index contributed by atoms with van der Waals surface area (Å²) < 4.78 is 1.10. The average molecular weight is 506 g/mol. The molecule has 0 saturated heterocycles. The van der Waals surface area contributed by atoms with Crippen molar-refractivity contribution in [1.82, 2.24) is 0 Å². The van der Waals surface area contributed by atoms with Gasteiger partial charge in [0.2, 0.25) is 0 Å². The third kappa shape index (κ3) is 15.1. The number of hydrogen-bond donors (Lipinski definition) is 0. The molecule has 0 radical (unpaired) electrons. The van der Waals surface area contributed by atoms with Crippen LogP contribution in [0.25, 0.3) is 0 Å². The smallest absolute Gasteiger partial charge is 0.119 e. The third-order valence-corrected chi connectivity index (χ3v) is 7.86. The third-order valence-electron chi connectivity index (χ3n) is 7.86. The van der Waals surface area contributed by atoms with E-state index in [0.29, 0.717) is 6.04 Å². The number of unbranched alkanes of at least 4 members (excludes halogenated alkanes) is 15. The van der Waals surface area contributed by atoms with E-state index in [1.807, 2.05) is 0 Å². The summed E-state index contributed by atoms with van der Waals surface area (Å²) in [5.74, 6) is 0. The minimum atomic E-state index is 0. The Morgan fingerprint density at radius 3 is 1.43 bits per heavy atom. The SMILES string of the molecule is C=C[N+](CCCCCCCC)(CCCCCCCC)C(CCCCCCCC)c1ccccc1.[Cl-]. The van der Waals surface area contributed by atoms with E-state index in [1.165, 1.54) is 141 Å². The van der Waals surface area contributed by atoms with E-state index in [2.05, 4.69) is 63.9 Å². The zero-order valence-corrected chi connectivity index (χ0v) is 24.7. The summed E-state index contributed by atoms with van der Waals surface area (Å²) in [6.45, 7) is 13.9. The molecule has 1 unspecified atom stereocenters. The van der Waals surface area contributed by atoms with Crippen LogP contribution in [0.1, 0.15) is 154 Å². The van der Waals surface area contributed by atoms with Gasteiger partial charge in [0.25, 0.3) is 0 Å². The van der Waals surface area contributed by atoms with Crippen LogP contribution in [-0.2, 0) is 0 Å². The summed E-state index contributed by atoms with van der Waals surface area (Å²) in [5, 5.41) is 0. The summed E-state index contributed by atoms with van der Waals surface area (Å²) in [4.78, 5) is 0. The second-order valence-electron chi connectivity index (χ2n) is 10.8. The highest BCUT2D eigenvalue weighted by molar-refractivity contribution is 5.17. The zero-order chi connectivity index (χ0) is 24.7. The minimum absolute atomic E-state index is 0. The molecule has 0 bridgehead atoms. The van der Waals surface area contributed by atoms with Crippen LogP contribution in [0, 0.1) is 0 Å². The maximum absolute atomic E-state index is 4.48. The van der Waals surface area contributed by atoms with Gasteiger partial charge in [-0.15, -0.1) is 0 Å². The van der Waals surface area contributed by atoms with Gasteiger partial charge in [-0.3, -0.25) is 4.48 Å². The van der Waals surface area contributed by atoms with Gasteiger partial charge in [0, 0.05) is 12.0 Å². The summed E-state index contributed by atoms with van der Waals surface area (Å²) in [6, 6.07) is 12.0. The summed E-state index contributed by atoms with van der Waals surface area (Å²) in [5.41, 5.74) is 1.54. The van der Waals surface area contributed by atoms with Crippen molar-refractivity contribution in [2.24, 2.45) is 0 Å². The standard InChI is InChI=1S/C33H60N.ClH/c1-5-9-12-15-18-24-29-33(32-27-22-21-23-28-32)34(8-4,30-25-19-16-13-10-6-2)31-26-20-17-14-11-7-3;/h8,21-23,27-28,33H,4-7,9-20,24-26,29-31H2,1-3H3;1H/q+1;/p-1. The molecule has 0 N–H and O–H groups in total. The Labute approximate surface area is 227 Å². The average Bonchev–Trinajstić information content (AvgIpc) is 2.87. The molecule has 2 heteroatoms. The molecule has 0 fully saturated rings. The number of benzene rings is 1. The van der Waals surface area contributed by atoms with Crippen LogP contribution >= 0.6 is 0 Å². The first-order valence-corrected chi connectivity index (χ1v) is 15.3. The van der Waals surface area contributed by atoms with Gasteiger partial charge < -0.3 is 12.4 Å². The summed E-state index contributed by atoms with van der Waals surface area (Å²) in [7, 11) is 0. The lowest BCUT2D eigenvalue weighted by Crippen LogP contribution is -3.00. The van der Waals surface area contributed by atoms with E-state index < -0.39 is 0 Å². The second kappa shape index (κ2) is 23.6. The maximum atomic E-state index is 4.48. The van der Waals surface area contributed by atoms with Gasteiger partial charge in [0.1, 0.15) is 6.04 Å². The lowest BCUT2D eigenvalue weighted by atomic mass is 9.94. The van der Waals surface area contributed by atoms with Crippen molar-refractivity contribution < 1.29 is 16.9 Å². The van der Waals surface area contributed by atoms with E-state index in [4.69, 9.17) is 0 Å². The monoisotopic (exact) mass is 505 g/mol. The van der Waals surface area contributed by atoms with Gasteiger partial charge in [-0.1, -0.05) is 135 Å². The van der Waals surface area contributed by atoms with Crippen LogP contribution in [0.2, 0.25) is 0 Å². The topological polar surface area (TPSA) is 0 Å². The van der Waals surface area contributed by atoms with E-state index in [1.54, 1.807) is 0 Å². The van der Waals surface area contributed by atoms with Crippen LogP contribution in [0.4, 0.5) is 0 Å². The predicted molar refractivity (Wildman–Crippen MR) is 154 cm³/mol. The van der Waals surface area contributed by atoms with Gasteiger partial charge in [0.05, 0.1) is 19.3 Å². The van der Waals surface area contributed by atoms with Crippen LogP contribution in [0.15, 0.2) is 43.1 Å². The van der Waals surface area contributed by atoms with Crippen LogP contribution in [0.3, 0.4) is 0 Å². The molecule has 0 amide bonds. The molecule has 0 spiro atoms. The van der Waals surface area contributed by atoms with Crippen molar-refractivity contribution in [3.8, 4) is 0 Å². The predicted octanol–water partition coefficient (Wildman–Crippen LogP) is 8.16. The highest BCUT2D eigenvalue weighted by atomic mass is 35.5. The number of nitrogens with zero attached hydrogens (tertiary/aromatic N) is 1. The first-order valence-electron chi connectivity index (χ1n) is 15.3. The summed E-state index contributed by atoms with van der Waals surface area (Å²) >= 11 is 0. The van der Waals surface area contributed by atoms with Gasteiger partial charge in [-0.25, -0.2) is 0 Å². The molecule has 0 heterocycles. The molecular formula is C33H60ClN. The molecule has 1 aromatic carbocycles. The molecule has 0 saturated carbocycles. The fourth-order valence-electron chi connectivity index (χ4n) is 5.62. The first-order chi connectivity index (χ1) is 16.7. The van der Waals surface area contributed by atoms with E-state index in [9.17, 15) is 0 Å². The fourth-order valence-corrected chi connectivity index (χ4v) is 5.62. The zero-order valence-electron chi connectivity index (χ0n) is 23.9. The molecule has 204 valence electrons. The van der Waals surface area contributed by atoms with Crippen molar-refractivity contribution in [2.45, 2.75) is 149 Å². The minimum Gasteiger partial charge on any atom is -1.00 e. The lowest BCUT2D eigenvalue weighted by Gasteiger charge is -2.43. The molecule has 1 atom stereocenters. The molecule has 1 rings (SSSR count). The Balaban J connectivity index is 0.0000116. The van der Waals surface area contributed by atoms with Crippen LogP contribution in [0.5, 0.6) is 0 Å².